The molecule has 23 heavy (non-hydrogen) atoms. The lowest BCUT2D eigenvalue weighted by molar-refractivity contribution is 0.101. The Kier molecular flexibility index (Phi) is 2.91. The molecule has 0 N–H and O–H groups in total. The van der Waals surface area contributed by atoms with Crippen molar-refractivity contribution in [2.75, 3.05) is 0 Å². The fourth-order valence-electron chi connectivity index (χ4n) is 3.10. The number of carbonyl (C=O) groups is 1. The SMILES string of the molecule is CC(=O)c1cc(F)cc2c(=O)c3c(oc12)-c1cccnc1CC3. The number of benzene rings is 1. The summed E-state index contributed by atoms with van der Waals surface area (Å²) < 4.78 is 19.7. The number of fused-ring (bicyclic) bond motifs is 4. The zero-order valence-corrected chi connectivity index (χ0v) is 12.4. The van der Waals surface area contributed by atoms with E-state index in [0.29, 0.717) is 24.2 Å². The summed E-state index contributed by atoms with van der Waals surface area (Å²) in [4.78, 5) is 28.9. The first-order valence-electron chi connectivity index (χ1n) is 7.30. The number of aromatic nitrogens is 1. The second kappa shape index (κ2) is 4.84. The molecule has 1 aromatic carbocycles. The quantitative estimate of drug-likeness (QED) is 0.647. The van der Waals surface area contributed by atoms with Gasteiger partial charge in [-0.05, 0) is 44.0 Å². The average molecular weight is 309 g/mol. The predicted octanol–water partition coefficient (Wildman–Crippen LogP) is 3.30. The first kappa shape index (κ1) is 13.8. The molecule has 0 fully saturated rings. The molecule has 5 heteroatoms. The summed E-state index contributed by atoms with van der Waals surface area (Å²) >= 11 is 0. The monoisotopic (exact) mass is 309 g/mol. The minimum atomic E-state index is -0.618. The summed E-state index contributed by atoms with van der Waals surface area (Å²) in [6.45, 7) is 1.32. The molecule has 0 radical (unpaired) electrons. The molecular formula is C18H12FNO3. The normalized spacial score (nSPS) is 12.8. The van der Waals surface area contributed by atoms with Crippen molar-refractivity contribution in [2.24, 2.45) is 0 Å². The molecule has 114 valence electrons. The first-order valence-corrected chi connectivity index (χ1v) is 7.30. The van der Waals surface area contributed by atoms with Crippen LogP contribution in [0.1, 0.15) is 28.5 Å². The Balaban J connectivity index is 2.16. The number of nitrogens with zero attached hydrogens (tertiary/aromatic N) is 1. The maximum Gasteiger partial charge on any atom is 0.196 e. The van der Waals surface area contributed by atoms with E-state index < -0.39 is 5.82 Å². The minimum absolute atomic E-state index is 0.0795. The third-order valence-electron chi connectivity index (χ3n) is 4.18. The molecular weight excluding hydrogens is 297 g/mol. The Bertz CT molecular complexity index is 1040. The van der Waals surface area contributed by atoms with Crippen molar-refractivity contribution in [3.63, 3.8) is 0 Å². The van der Waals surface area contributed by atoms with Crippen LogP contribution >= 0.6 is 0 Å². The van der Waals surface area contributed by atoms with E-state index in [2.05, 4.69) is 4.98 Å². The summed E-state index contributed by atoms with van der Waals surface area (Å²) in [5.74, 6) is -0.529. The Morgan fingerprint density at radius 2 is 2.13 bits per heavy atom. The van der Waals surface area contributed by atoms with Crippen LogP contribution < -0.4 is 5.43 Å². The zero-order valence-electron chi connectivity index (χ0n) is 12.4. The fourth-order valence-corrected chi connectivity index (χ4v) is 3.10. The van der Waals surface area contributed by atoms with Gasteiger partial charge in [0, 0.05) is 17.3 Å². The Morgan fingerprint density at radius 1 is 1.30 bits per heavy atom. The van der Waals surface area contributed by atoms with Crippen LogP contribution in [0.3, 0.4) is 0 Å². The van der Waals surface area contributed by atoms with Crippen molar-refractivity contribution in [3.8, 4) is 11.3 Å². The third kappa shape index (κ3) is 2.00. The highest BCUT2D eigenvalue weighted by molar-refractivity contribution is 6.05. The first-order chi connectivity index (χ1) is 11.1. The lowest BCUT2D eigenvalue weighted by Gasteiger charge is -2.18. The van der Waals surface area contributed by atoms with Gasteiger partial charge in [-0.25, -0.2) is 4.39 Å². The number of hydrogen-bond donors (Lipinski definition) is 0. The highest BCUT2D eigenvalue weighted by atomic mass is 19.1. The van der Waals surface area contributed by atoms with E-state index in [0.717, 1.165) is 23.4 Å². The summed E-state index contributed by atoms with van der Waals surface area (Å²) in [5, 5.41) is 0.112. The largest absolute Gasteiger partial charge is 0.455 e. The fraction of sp³-hybridized carbons (Fsp3) is 0.167. The maximum absolute atomic E-state index is 13.8. The van der Waals surface area contributed by atoms with Crippen LogP contribution in [0, 0.1) is 5.82 Å². The van der Waals surface area contributed by atoms with E-state index in [1.165, 1.54) is 6.92 Å². The molecule has 0 atom stereocenters. The molecule has 0 spiro atoms. The van der Waals surface area contributed by atoms with Crippen molar-refractivity contribution >= 4 is 16.8 Å². The molecule has 4 rings (SSSR count). The van der Waals surface area contributed by atoms with E-state index >= 15 is 0 Å². The van der Waals surface area contributed by atoms with Crippen LogP contribution in [-0.2, 0) is 12.8 Å². The van der Waals surface area contributed by atoms with Crippen molar-refractivity contribution < 1.29 is 13.6 Å². The molecule has 2 aromatic heterocycles. The smallest absolute Gasteiger partial charge is 0.196 e. The van der Waals surface area contributed by atoms with Crippen LogP contribution in [0.5, 0.6) is 0 Å². The van der Waals surface area contributed by atoms with E-state index in [1.807, 2.05) is 6.07 Å². The number of rotatable bonds is 1. The zero-order chi connectivity index (χ0) is 16.1. The lowest BCUT2D eigenvalue weighted by Crippen LogP contribution is -2.17. The number of pyridine rings is 1. The van der Waals surface area contributed by atoms with Gasteiger partial charge in [0.05, 0.1) is 16.6 Å². The van der Waals surface area contributed by atoms with Gasteiger partial charge in [-0.15, -0.1) is 0 Å². The van der Waals surface area contributed by atoms with Crippen molar-refractivity contribution in [3.05, 3.63) is 63.3 Å². The Morgan fingerprint density at radius 3 is 2.91 bits per heavy atom. The van der Waals surface area contributed by atoms with E-state index in [9.17, 15) is 14.0 Å². The van der Waals surface area contributed by atoms with Gasteiger partial charge < -0.3 is 4.42 Å². The van der Waals surface area contributed by atoms with Crippen LogP contribution in [0.2, 0.25) is 0 Å². The molecule has 4 nitrogen and oxygen atoms in total. The third-order valence-corrected chi connectivity index (χ3v) is 4.18. The predicted molar refractivity (Wildman–Crippen MR) is 83.1 cm³/mol. The summed E-state index contributed by atoms with van der Waals surface area (Å²) in [5.41, 5.74) is 2.06. The molecule has 0 unspecified atom stereocenters. The lowest BCUT2D eigenvalue weighted by atomic mass is 9.92. The summed E-state index contributed by atoms with van der Waals surface area (Å²) in [6.07, 6.45) is 2.82. The summed E-state index contributed by atoms with van der Waals surface area (Å²) in [6, 6.07) is 5.85. The van der Waals surface area contributed by atoms with Crippen molar-refractivity contribution in [1.82, 2.24) is 4.98 Å². The molecule has 2 heterocycles. The van der Waals surface area contributed by atoms with E-state index in [4.69, 9.17) is 4.42 Å². The van der Waals surface area contributed by atoms with Gasteiger partial charge in [0.1, 0.15) is 17.2 Å². The van der Waals surface area contributed by atoms with Gasteiger partial charge in [0.25, 0.3) is 0 Å². The number of aryl methyl sites for hydroxylation is 1. The van der Waals surface area contributed by atoms with Crippen LogP contribution in [0.25, 0.3) is 22.3 Å². The highest BCUT2D eigenvalue weighted by Gasteiger charge is 2.25. The van der Waals surface area contributed by atoms with Crippen LogP contribution in [0.15, 0.2) is 39.7 Å². The Labute approximate surface area is 130 Å². The molecule has 3 aromatic rings. The number of ketones is 1. The van der Waals surface area contributed by atoms with E-state index in [-0.39, 0.29) is 27.7 Å². The van der Waals surface area contributed by atoms with Gasteiger partial charge in [0.15, 0.2) is 11.2 Å². The Hall–Kier alpha value is -2.82. The molecule has 1 aliphatic carbocycles. The van der Waals surface area contributed by atoms with Crippen molar-refractivity contribution in [1.29, 1.82) is 0 Å². The molecule has 0 saturated carbocycles. The second-order valence-electron chi connectivity index (χ2n) is 5.62. The van der Waals surface area contributed by atoms with Gasteiger partial charge in [-0.3, -0.25) is 14.6 Å². The number of carbonyl (C=O) groups excluding carboxylic acids is 1. The summed E-state index contributed by atoms with van der Waals surface area (Å²) in [7, 11) is 0. The van der Waals surface area contributed by atoms with Crippen LogP contribution in [0.4, 0.5) is 4.39 Å². The number of Topliss-reactive ketones (excluding diaryl/α,β-unsaturated/α-hetero) is 1. The molecule has 0 saturated heterocycles. The van der Waals surface area contributed by atoms with Gasteiger partial charge >= 0.3 is 0 Å². The van der Waals surface area contributed by atoms with Gasteiger partial charge in [-0.1, -0.05) is 0 Å². The molecule has 1 aliphatic rings. The second-order valence-corrected chi connectivity index (χ2v) is 5.62. The minimum Gasteiger partial charge on any atom is -0.455 e. The molecule has 0 amide bonds. The number of hydrogen-bond acceptors (Lipinski definition) is 4. The average Bonchev–Trinajstić information content (AvgIpc) is 2.55. The molecule has 0 bridgehead atoms. The van der Waals surface area contributed by atoms with Gasteiger partial charge in [0.2, 0.25) is 0 Å². The standard InChI is InChI=1S/C18H12FNO3/c1-9(21)13-7-10(19)8-14-16(22)12-4-5-15-11(3-2-6-20-15)17(12)23-18(13)14/h2-3,6-8H,4-5H2,1H3. The maximum atomic E-state index is 13.8. The topological polar surface area (TPSA) is 60.2 Å². The number of halogens is 1. The van der Waals surface area contributed by atoms with E-state index in [1.54, 1.807) is 12.3 Å². The highest BCUT2D eigenvalue weighted by Crippen LogP contribution is 2.34. The van der Waals surface area contributed by atoms with Crippen molar-refractivity contribution in [2.45, 2.75) is 19.8 Å². The molecule has 0 aliphatic heterocycles. The van der Waals surface area contributed by atoms with Gasteiger partial charge in [-0.2, -0.15) is 0 Å². The van der Waals surface area contributed by atoms with Crippen LogP contribution in [-0.4, -0.2) is 10.8 Å².